The van der Waals surface area contributed by atoms with E-state index in [0.717, 1.165) is 13.2 Å². The molecule has 1 aliphatic heterocycles. The second-order valence-electron chi connectivity index (χ2n) is 3.62. The molecule has 1 atom stereocenters. The molecule has 0 aliphatic carbocycles. The van der Waals surface area contributed by atoms with E-state index in [9.17, 15) is 0 Å². The Morgan fingerprint density at radius 3 is 3.08 bits per heavy atom. The van der Waals surface area contributed by atoms with Crippen LogP contribution >= 0.6 is 0 Å². The summed E-state index contributed by atoms with van der Waals surface area (Å²) in [6, 6.07) is 6.64. The summed E-state index contributed by atoms with van der Waals surface area (Å²) in [7, 11) is 0. The molecule has 0 fully saturated rings. The first-order valence-electron chi connectivity index (χ1n) is 4.44. The third kappa shape index (κ3) is 1.25. The summed E-state index contributed by atoms with van der Waals surface area (Å²) in [6.07, 6.45) is 0. The second kappa shape index (κ2) is 2.91. The van der Waals surface area contributed by atoms with Gasteiger partial charge in [0.05, 0.1) is 13.2 Å². The summed E-state index contributed by atoms with van der Waals surface area (Å²) in [5.74, 6) is 0.564. The Morgan fingerprint density at radius 2 is 2.25 bits per heavy atom. The Hall–Kier alpha value is -0.820. The Bertz CT molecular complexity index is 291. The maximum absolute atomic E-state index is 5.46. The topological polar surface area (TPSA) is 9.23 Å². The summed E-state index contributed by atoms with van der Waals surface area (Å²) in [6.45, 7) is 6.00. The van der Waals surface area contributed by atoms with Crippen molar-refractivity contribution in [2.45, 2.75) is 26.4 Å². The van der Waals surface area contributed by atoms with Gasteiger partial charge in [-0.2, -0.15) is 0 Å². The van der Waals surface area contributed by atoms with Crippen LogP contribution in [-0.4, -0.2) is 6.61 Å². The van der Waals surface area contributed by atoms with Crippen LogP contribution in [0.2, 0.25) is 0 Å². The number of hydrogen-bond donors (Lipinski definition) is 0. The van der Waals surface area contributed by atoms with Gasteiger partial charge in [-0.25, -0.2) is 0 Å². The summed E-state index contributed by atoms with van der Waals surface area (Å²) in [5, 5.41) is 0. The van der Waals surface area contributed by atoms with Crippen LogP contribution in [0.5, 0.6) is 0 Å². The van der Waals surface area contributed by atoms with Gasteiger partial charge in [0.2, 0.25) is 0 Å². The number of benzene rings is 1. The maximum atomic E-state index is 5.46. The predicted molar refractivity (Wildman–Crippen MR) is 49.3 cm³/mol. The third-order valence-corrected chi connectivity index (χ3v) is 2.45. The molecule has 0 aromatic heterocycles. The van der Waals surface area contributed by atoms with E-state index in [1.165, 1.54) is 16.7 Å². The highest BCUT2D eigenvalue weighted by Crippen LogP contribution is 2.26. The standard InChI is InChI=1S/C11H14O/c1-8-3-4-11-9(2)6-12-7-10(11)5-8/h3-5,9H,6-7H2,1-2H3/t9-/m1/s1. The van der Waals surface area contributed by atoms with Crippen LogP contribution in [0.15, 0.2) is 18.2 Å². The minimum Gasteiger partial charge on any atom is -0.376 e. The molecule has 0 saturated carbocycles. The fourth-order valence-electron chi connectivity index (χ4n) is 1.78. The van der Waals surface area contributed by atoms with Crippen molar-refractivity contribution in [3.63, 3.8) is 0 Å². The molecule has 0 radical (unpaired) electrons. The molecule has 64 valence electrons. The highest BCUT2D eigenvalue weighted by Gasteiger charge is 2.15. The molecular weight excluding hydrogens is 148 g/mol. The number of rotatable bonds is 0. The van der Waals surface area contributed by atoms with Gasteiger partial charge >= 0.3 is 0 Å². The zero-order valence-electron chi connectivity index (χ0n) is 7.63. The van der Waals surface area contributed by atoms with E-state index in [2.05, 4.69) is 32.0 Å². The van der Waals surface area contributed by atoms with Crippen molar-refractivity contribution in [2.24, 2.45) is 0 Å². The molecule has 0 spiro atoms. The van der Waals surface area contributed by atoms with Crippen molar-refractivity contribution in [2.75, 3.05) is 6.61 Å². The summed E-state index contributed by atoms with van der Waals surface area (Å²) in [5.41, 5.74) is 4.16. The van der Waals surface area contributed by atoms with Crippen LogP contribution in [0, 0.1) is 6.92 Å². The molecule has 0 N–H and O–H groups in total. The van der Waals surface area contributed by atoms with Gasteiger partial charge < -0.3 is 4.74 Å². The smallest absolute Gasteiger partial charge is 0.0720 e. The van der Waals surface area contributed by atoms with E-state index < -0.39 is 0 Å². The molecule has 0 bridgehead atoms. The van der Waals surface area contributed by atoms with E-state index in [1.807, 2.05) is 0 Å². The molecule has 1 nitrogen and oxygen atoms in total. The monoisotopic (exact) mass is 162 g/mol. The Labute approximate surface area is 73.4 Å². The first-order chi connectivity index (χ1) is 5.77. The quantitative estimate of drug-likeness (QED) is 0.569. The minimum absolute atomic E-state index is 0.564. The average molecular weight is 162 g/mol. The lowest BCUT2D eigenvalue weighted by molar-refractivity contribution is 0.0950. The fraction of sp³-hybridized carbons (Fsp3) is 0.455. The lowest BCUT2D eigenvalue weighted by atomic mass is 9.93. The van der Waals surface area contributed by atoms with Crippen LogP contribution < -0.4 is 0 Å². The Morgan fingerprint density at radius 1 is 1.42 bits per heavy atom. The van der Waals surface area contributed by atoms with Gasteiger partial charge in [-0.05, 0) is 18.1 Å². The molecular formula is C11H14O. The highest BCUT2D eigenvalue weighted by molar-refractivity contribution is 5.34. The normalized spacial score (nSPS) is 22.0. The maximum Gasteiger partial charge on any atom is 0.0720 e. The van der Waals surface area contributed by atoms with Gasteiger partial charge in [-0.3, -0.25) is 0 Å². The second-order valence-corrected chi connectivity index (χ2v) is 3.62. The van der Waals surface area contributed by atoms with E-state index in [0.29, 0.717) is 5.92 Å². The van der Waals surface area contributed by atoms with Gasteiger partial charge in [0.25, 0.3) is 0 Å². The molecule has 1 heterocycles. The molecule has 0 unspecified atom stereocenters. The lowest BCUT2D eigenvalue weighted by Crippen LogP contribution is -2.13. The van der Waals surface area contributed by atoms with Crippen molar-refractivity contribution in [1.29, 1.82) is 0 Å². The molecule has 0 saturated heterocycles. The number of hydrogen-bond acceptors (Lipinski definition) is 1. The largest absolute Gasteiger partial charge is 0.376 e. The van der Waals surface area contributed by atoms with Crippen LogP contribution in [0.25, 0.3) is 0 Å². The SMILES string of the molecule is Cc1ccc2c(c1)COC[C@H]2C. The first-order valence-corrected chi connectivity index (χ1v) is 4.44. The number of fused-ring (bicyclic) bond motifs is 1. The van der Waals surface area contributed by atoms with Gasteiger partial charge in [-0.15, -0.1) is 0 Å². The van der Waals surface area contributed by atoms with Crippen molar-refractivity contribution < 1.29 is 4.74 Å². The summed E-state index contributed by atoms with van der Waals surface area (Å²) >= 11 is 0. The Balaban J connectivity index is 2.46. The molecule has 12 heavy (non-hydrogen) atoms. The van der Waals surface area contributed by atoms with Gasteiger partial charge in [0, 0.05) is 5.92 Å². The predicted octanol–water partition coefficient (Wildman–Crippen LogP) is 2.63. The summed E-state index contributed by atoms with van der Waals surface area (Å²) < 4.78 is 5.46. The molecule has 1 aromatic rings. The third-order valence-electron chi connectivity index (χ3n) is 2.45. The van der Waals surface area contributed by atoms with Crippen molar-refractivity contribution in [3.8, 4) is 0 Å². The lowest BCUT2D eigenvalue weighted by Gasteiger charge is -2.22. The van der Waals surface area contributed by atoms with Crippen molar-refractivity contribution in [1.82, 2.24) is 0 Å². The zero-order chi connectivity index (χ0) is 8.55. The van der Waals surface area contributed by atoms with Crippen molar-refractivity contribution in [3.05, 3.63) is 34.9 Å². The number of aryl methyl sites for hydroxylation is 1. The zero-order valence-corrected chi connectivity index (χ0v) is 7.63. The first kappa shape index (κ1) is 7.81. The van der Waals surface area contributed by atoms with E-state index >= 15 is 0 Å². The number of ether oxygens (including phenoxy) is 1. The summed E-state index contributed by atoms with van der Waals surface area (Å²) in [4.78, 5) is 0. The molecule has 1 heteroatoms. The van der Waals surface area contributed by atoms with Crippen LogP contribution in [-0.2, 0) is 11.3 Å². The minimum atomic E-state index is 0.564. The average Bonchev–Trinajstić information content (AvgIpc) is 2.04. The van der Waals surface area contributed by atoms with Gasteiger partial charge in [0.1, 0.15) is 0 Å². The van der Waals surface area contributed by atoms with Crippen LogP contribution in [0.1, 0.15) is 29.5 Å². The van der Waals surface area contributed by atoms with Crippen LogP contribution in [0.4, 0.5) is 0 Å². The Kier molecular flexibility index (Phi) is 1.89. The van der Waals surface area contributed by atoms with Gasteiger partial charge in [0.15, 0.2) is 0 Å². The van der Waals surface area contributed by atoms with Crippen LogP contribution in [0.3, 0.4) is 0 Å². The van der Waals surface area contributed by atoms with E-state index in [-0.39, 0.29) is 0 Å². The highest BCUT2D eigenvalue weighted by atomic mass is 16.5. The molecule has 1 aromatic carbocycles. The molecule has 1 aliphatic rings. The van der Waals surface area contributed by atoms with E-state index in [4.69, 9.17) is 4.74 Å². The fourth-order valence-corrected chi connectivity index (χ4v) is 1.78. The molecule has 2 rings (SSSR count). The van der Waals surface area contributed by atoms with Gasteiger partial charge in [-0.1, -0.05) is 30.7 Å². The van der Waals surface area contributed by atoms with E-state index in [1.54, 1.807) is 0 Å². The molecule has 0 amide bonds. The van der Waals surface area contributed by atoms with Crippen molar-refractivity contribution >= 4 is 0 Å².